The Morgan fingerprint density at radius 1 is 1.53 bits per heavy atom. The highest BCUT2D eigenvalue weighted by atomic mass is 79.9. The molecule has 1 atom stereocenters. The number of hydrogen-bond donors (Lipinski definition) is 2. The van der Waals surface area contributed by atoms with E-state index in [1.165, 1.54) is 0 Å². The number of rotatable bonds is 3. The van der Waals surface area contributed by atoms with Crippen LogP contribution < -0.4 is 5.73 Å². The minimum absolute atomic E-state index is 0.127. The van der Waals surface area contributed by atoms with Crippen LogP contribution in [0.15, 0.2) is 16.6 Å². The van der Waals surface area contributed by atoms with Crippen LogP contribution in [0.25, 0.3) is 0 Å². The van der Waals surface area contributed by atoms with Crippen molar-refractivity contribution in [2.45, 2.75) is 5.92 Å². The van der Waals surface area contributed by atoms with Crippen molar-refractivity contribution in [2.75, 3.05) is 6.54 Å². The number of hydrogen-bond acceptors (Lipinski definition) is 2. The molecule has 0 fully saturated rings. The van der Waals surface area contributed by atoms with E-state index in [0.717, 1.165) is 12.1 Å². The highest BCUT2D eigenvalue weighted by molar-refractivity contribution is 9.10. The SMILES string of the molecule is NCC(C(=O)O)c1ccc(F)c(Br)c1F. The minimum Gasteiger partial charge on any atom is -0.481 e. The zero-order valence-corrected chi connectivity index (χ0v) is 9.09. The van der Waals surface area contributed by atoms with Crippen LogP contribution in [0.2, 0.25) is 0 Å². The Kier molecular flexibility index (Phi) is 3.76. The first-order chi connectivity index (χ1) is 6.99. The van der Waals surface area contributed by atoms with Crippen molar-refractivity contribution in [3.05, 3.63) is 33.8 Å². The fraction of sp³-hybridized carbons (Fsp3) is 0.222. The molecule has 1 unspecified atom stereocenters. The maximum absolute atomic E-state index is 13.5. The van der Waals surface area contributed by atoms with Gasteiger partial charge in [-0.25, -0.2) is 8.78 Å². The van der Waals surface area contributed by atoms with Crippen LogP contribution in [0.1, 0.15) is 11.5 Å². The van der Waals surface area contributed by atoms with Crippen molar-refractivity contribution in [3.8, 4) is 0 Å². The molecule has 0 aliphatic carbocycles. The third kappa shape index (κ3) is 2.32. The number of nitrogens with two attached hydrogens (primary N) is 1. The van der Waals surface area contributed by atoms with Crippen LogP contribution in [-0.2, 0) is 4.79 Å². The van der Waals surface area contributed by atoms with E-state index >= 15 is 0 Å². The molecule has 0 aliphatic heterocycles. The summed E-state index contributed by atoms with van der Waals surface area (Å²) in [6.07, 6.45) is 0. The van der Waals surface area contributed by atoms with Gasteiger partial charge in [-0.1, -0.05) is 6.07 Å². The van der Waals surface area contributed by atoms with Crippen LogP contribution >= 0.6 is 15.9 Å². The minimum atomic E-state index is -1.24. The summed E-state index contributed by atoms with van der Waals surface area (Å²) in [6, 6.07) is 2.08. The molecule has 15 heavy (non-hydrogen) atoms. The van der Waals surface area contributed by atoms with Crippen molar-refractivity contribution in [1.82, 2.24) is 0 Å². The van der Waals surface area contributed by atoms with Gasteiger partial charge >= 0.3 is 5.97 Å². The lowest BCUT2D eigenvalue weighted by Gasteiger charge is -2.12. The van der Waals surface area contributed by atoms with Crippen molar-refractivity contribution >= 4 is 21.9 Å². The molecule has 6 heteroatoms. The largest absolute Gasteiger partial charge is 0.481 e. The van der Waals surface area contributed by atoms with Crippen molar-refractivity contribution in [3.63, 3.8) is 0 Å². The fourth-order valence-corrected chi connectivity index (χ4v) is 1.53. The van der Waals surface area contributed by atoms with Gasteiger partial charge in [0.05, 0.1) is 10.4 Å². The van der Waals surface area contributed by atoms with Gasteiger partial charge in [0.2, 0.25) is 0 Å². The summed E-state index contributed by atoms with van der Waals surface area (Å²) in [5.41, 5.74) is 5.08. The average Bonchev–Trinajstić information content (AvgIpc) is 2.18. The first-order valence-electron chi connectivity index (χ1n) is 4.05. The van der Waals surface area contributed by atoms with Gasteiger partial charge in [-0.3, -0.25) is 4.79 Å². The van der Waals surface area contributed by atoms with Gasteiger partial charge in [-0.05, 0) is 22.0 Å². The number of halogens is 3. The van der Waals surface area contributed by atoms with E-state index in [2.05, 4.69) is 15.9 Å². The molecule has 82 valence electrons. The average molecular weight is 280 g/mol. The van der Waals surface area contributed by atoms with E-state index in [4.69, 9.17) is 10.8 Å². The fourth-order valence-electron chi connectivity index (χ4n) is 1.17. The molecule has 1 aromatic carbocycles. The molecule has 3 N–H and O–H groups in total. The summed E-state index contributed by atoms with van der Waals surface area (Å²) in [5, 5.41) is 8.76. The summed E-state index contributed by atoms with van der Waals surface area (Å²) in [7, 11) is 0. The number of carbonyl (C=O) groups is 1. The zero-order chi connectivity index (χ0) is 11.6. The Hall–Kier alpha value is -1.01. The van der Waals surface area contributed by atoms with Crippen LogP contribution in [0.4, 0.5) is 8.78 Å². The Morgan fingerprint density at radius 2 is 2.13 bits per heavy atom. The normalized spacial score (nSPS) is 12.5. The molecule has 0 saturated carbocycles. The first-order valence-corrected chi connectivity index (χ1v) is 4.84. The Morgan fingerprint density at radius 3 is 2.60 bits per heavy atom. The van der Waals surface area contributed by atoms with Gasteiger partial charge in [0.1, 0.15) is 11.6 Å². The maximum atomic E-state index is 13.5. The van der Waals surface area contributed by atoms with Crippen molar-refractivity contribution < 1.29 is 18.7 Å². The van der Waals surface area contributed by atoms with Crippen molar-refractivity contribution in [1.29, 1.82) is 0 Å². The second-order valence-corrected chi connectivity index (χ2v) is 3.68. The highest BCUT2D eigenvalue weighted by Gasteiger charge is 2.23. The van der Waals surface area contributed by atoms with Gasteiger partial charge in [-0.15, -0.1) is 0 Å². The lowest BCUT2D eigenvalue weighted by Crippen LogP contribution is -2.22. The molecule has 0 saturated heterocycles. The number of benzene rings is 1. The van der Waals surface area contributed by atoms with Crippen LogP contribution in [0.3, 0.4) is 0 Å². The molecule has 0 heterocycles. The monoisotopic (exact) mass is 279 g/mol. The summed E-state index contributed by atoms with van der Waals surface area (Å²) in [5.74, 6) is -4.11. The lowest BCUT2D eigenvalue weighted by atomic mass is 9.99. The van der Waals surface area contributed by atoms with Gasteiger partial charge in [0.15, 0.2) is 0 Å². The highest BCUT2D eigenvalue weighted by Crippen LogP contribution is 2.27. The molecular formula is C9H8BrF2NO2. The molecule has 0 radical (unpaired) electrons. The van der Waals surface area contributed by atoms with Gasteiger partial charge in [-0.2, -0.15) is 0 Å². The van der Waals surface area contributed by atoms with Crippen LogP contribution in [0.5, 0.6) is 0 Å². The van der Waals surface area contributed by atoms with E-state index in [-0.39, 0.29) is 16.6 Å². The summed E-state index contributed by atoms with van der Waals surface area (Å²) in [4.78, 5) is 10.7. The topological polar surface area (TPSA) is 63.3 Å². The quantitative estimate of drug-likeness (QED) is 0.830. The molecule has 0 aromatic heterocycles. The molecule has 1 rings (SSSR count). The molecule has 0 spiro atoms. The number of carboxylic acid groups (broad SMARTS) is 1. The maximum Gasteiger partial charge on any atom is 0.312 e. The molecule has 0 amide bonds. The molecule has 3 nitrogen and oxygen atoms in total. The Labute approximate surface area is 93.0 Å². The Balaban J connectivity index is 3.25. The predicted molar refractivity (Wildman–Crippen MR) is 53.5 cm³/mol. The standard InChI is InChI=1S/C9H8BrF2NO2/c10-7-6(11)2-1-4(8(7)12)5(3-13)9(14)15/h1-2,5H,3,13H2,(H,14,15). The smallest absolute Gasteiger partial charge is 0.312 e. The van der Waals surface area contributed by atoms with Gasteiger partial charge in [0.25, 0.3) is 0 Å². The first kappa shape index (κ1) is 12.1. The van der Waals surface area contributed by atoms with Crippen molar-refractivity contribution in [2.24, 2.45) is 5.73 Å². The lowest BCUT2D eigenvalue weighted by molar-refractivity contribution is -0.138. The Bertz CT molecular complexity index is 398. The molecule has 0 bridgehead atoms. The molecule has 1 aromatic rings. The van der Waals surface area contributed by atoms with Crippen LogP contribution in [0, 0.1) is 11.6 Å². The second-order valence-electron chi connectivity index (χ2n) is 2.89. The number of aliphatic carboxylic acids is 1. The molecule has 0 aliphatic rings. The van der Waals surface area contributed by atoms with E-state index < -0.39 is 23.5 Å². The van der Waals surface area contributed by atoms with E-state index in [9.17, 15) is 13.6 Å². The summed E-state index contributed by atoms with van der Waals surface area (Å²) >= 11 is 2.69. The molecular weight excluding hydrogens is 272 g/mol. The zero-order valence-electron chi connectivity index (χ0n) is 7.51. The van der Waals surface area contributed by atoms with Gasteiger partial charge < -0.3 is 10.8 Å². The second kappa shape index (κ2) is 4.67. The third-order valence-electron chi connectivity index (χ3n) is 1.97. The summed E-state index contributed by atoms with van der Waals surface area (Å²) in [6.45, 7) is -0.246. The van der Waals surface area contributed by atoms with Crippen LogP contribution in [-0.4, -0.2) is 17.6 Å². The van der Waals surface area contributed by atoms with E-state index in [0.29, 0.717) is 0 Å². The third-order valence-corrected chi connectivity index (χ3v) is 2.70. The van der Waals surface area contributed by atoms with E-state index in [1.54, 1.807) is 0 Å². The van der Waals surface area contributed by atoms with E-state index in [1.807, 2.05) is 0 Å². The number of carboxylic acids is 1. The summed E-state index contributed by atoms with van der Waals surface area (Å²) < 4.78 is 25.9. The van der Waals surface area contributed by atoms with Gasteiger partial charge in [0, 0.05) is 12.1 Å². The predicted octanol–water partition coefficient (Wildman–Crippen LogP) is 1.85.